The highest BCUT2D eigenvalue weighted by Gasteiger charge is 2.25. The molecule has 0 atom stereocenters. The van der Waals surface area contributed by atoms with Crippen molar-refractivity contribution in [1.82, 2.24) is 9.21 Å². The molecule has 1 aromatic heterocycles. The highest BCUT2D eigenvalue weighted by molar-refractivity contribution is 7.92. The molecule has 0 aliphatic carbocycles. The molecule has 0 amide bonds. The molecule has 31 heavy (non-hydrogen) atoms. The van der Waals surface area contributed by atoms with Crippen molar-refractivity contribution in [2.24, 2.45) is 0 Å². The lowest BCUT2D eigenvalue weighted by Gasteiger charge is -2.33. The van der Waals surface area contributed by atoms with E-state index in [1.54, 1.807) is 12.1 Å². The zero-order valence-electron chi connectivity index (χ0n) is 17.5. The monoisotopic (exact) mass is 438 g/mol. The number of fused-ring (bicyclic) bond motifs is 1. The quantitative estimate of drug-likeness (QED) is 0.551. The van der Waals surface area contributed by atoms with Gasteiger partial charge in [0.1, 0.15) is 5.58 Å². The fraction of sp³-hybridized carbons (Fsp3) is 0.292. The Bertz CT molecular complexity index is 1240. The van der Waals surface area contributed by atoms with Crippen LogP contribution in [0.1, 0.15) is 23.6 Å². The molecule has 4 rings (SSSR count). The van der Waals surface area contributed by atoms with Crippen molar-refractivity contribution < 1.29 is 12.8 Å². The molecule has 2 aromatic carbocycles. The van der Waals surface area contributed by atoms with Crippen LogP contribution in [0.2, 0.25) is 0 Å². The first-order valence-corrected chi connectivity index (χ1v) is 12.0. The van der Waals surface area contributed by atoms with Gasteiger partial charge in [-0.25, -0.2) is 13.2 Å². The van der Waals surface area contributed by atoms with Crippen LogP contribution in [0.25, 0.3) is 17.0 Å². The molecule has 6 nitrogen and oxygen atoms in total. The third-order valence-corrected chi connectivity index (χ3v) is 7.18. The van der Waals surface area contributed by atoms with Crippen molar-refractivity contribution in [3.8, 4) is 0 Å². The molecule has 1 aliphatic rings. The lowest BCUT2D eigenvalue weighted by atomic mass is 10.1. The summed E-state index contributed by atoms with van der Waals surface area (Å²) in [5.41, 5.74) is 3.13. The van der Waals surface area contributed by atoms with E-state index in [9.17, 15) is 13.2 Å². The topological polar surface area (TPSA) is 70.8 Å². The number of benzene rings is 2. The van der Waals surface area contributed by atoms with Gasteiger partial charge in [0.25, 0.3) is 0 Å². The molecule has 0 unspecified atom stereocenters. The van der Waals surface area contributed by atoms with Gasteiger partial charge in [0.05, 0.1) is 0 Å². The van der Waals surface area contributed by atoms with E-state index in [1.807, 2.05) is 42.5 Å². The van der Waals surface area contributed by atoms with E-state index in [1.165, 1.54) is 9.71 Å². The van der Waals surface area contributed by atoms with Gasteiger partial charge in [-0.1, -0.05) is 49.4 Å². The molecule has 1 aliphatic heterocycles. The summed E-state index contributed by atoms with van der Waals surface area (Å²) in [6.45, 7) is 4.69. The number of nitrogens with zero attached hydrogens (tertiary/aromatic N) is 2. The summed E-state index contributed by atoms with van der Waals surface area (Å²) in [4.78, 5) is 14.2. The zero-order chi connectivity index (χ0) is 21.8. The molecule has 0 N–H and O–H groups in total. The number of sulfonamides is 1. The summed E-state index contributed by atoms with van der Waals surface area (Å²) < 4.78 is 32.2. The predicted molar refractivity (Wildman–Crippen MR) is 123 cm³/mol. The molecule has 0 bridgehead atoms. The van der Waals surface area contributed by atoms with Crippen LogP contribution in [0.15, 0.2) is 69.2 Å². The summed E-state index contributed by atoms with van der Waals surface area (Å²) in [5, 5.41) is 2.21. The maximum absolute atomic E-state index is 12.7. The van der Waals surface area contributed by atoms with E-state index in [4.69, 9.17) is 4.42 Å². The maximum Gasteiger partial charge on any atom is 0.336 e. The van der Waals surface area contributed by atoms with Crippen molar-refractivity contribution in [3.05, 3.63) is 87.1 Å². The van der Waals surface area contributed by atoms with Gasteiger partial charge in [-0.15, -0.1) is 0 Å². The first kappa shape index (κ1) is 21.5. The Labute approximate surface area is 182 Å². The summed E-state index contributed by atoms with van der Waals surface area (Å²) in [7, 11) is -3.47. The SMILES string of the molecule is CCc1ccc2c(CN3CCN(S(=O)(=O)/C=C/c4ccccc4)CC3)cc(=O)oc2c1. The fourth-order valence-electron chi connectivity index (χ4n) is 3.82. The van der Waals surface area contributed by atoms with E-state index in [-0.39, 0.29) is 5.63 Å². The van der Waals surface area contributed by atoms with Gasteiger partial charge in [0, 0.05) is 49.6 Å². The number of hydrogen-bond acceptors (Lipinski definition) is 5. The molecule has 0 radical (unpaired) electrons. The minimum atomic E-state index is -3.47. The average molecular weight is 439 g/mol. The predicted octanol–water partition coefficient (Wildman–Crippen LogP) is 3.47. The summed E-state index contributed by atoms with van der Waals surface area (Å²) in [6, 6.07) is 16.9. The van der Waals surface area contributed by atoms with Gasteiger partial charge in [0.2, 0.25) is 10.0 Å². The van der Waals surface area contributed by atoms with Crippen LogP contribution in [0, 0.1) is 0 Å². The summed E-state index contributed by atoms with van der Waals surface area (Å²) in [5.74, 6) is 0. The molecule has 3 aromatic rings. The van der Waals surface area contributed by atoms with Crippen LogP contribution in [-0.4, -0.2) is 43.8 Å². The maximum atomic E-state index is 12.7. The number of piperazine rings is 1. The number of aryl methyl sites for hydroxylation is 1. The molecule has 1 saturated heterocycles. The van der Waals surface area contributed by atoms with Crippen molar-refractivity contribution in [3.63, 3.8) is 0 Å². The van der Waals surface area contributed by atoms with E-state index in [0.717, 1.165) is 28.5 Å². The van der Waals surface area contributed by atoms with Gasteiger partial charge in [-0.05, 0) is 35.3 Å². The van der Waals surface area contributed by atoms with E-state index in [0.29, 0.717) is 38.3 Å². The minimum absolute atomic E-state index is 0.358. The molecule has 0 spiro atoms. The van der Waals surface area contributed by atoms with Crippen LogP contribution in [0.3, 0.4) is 0 Å². The molecule has 0 saturated carbocycles. The van der Waals surface area contributed by atoms with E-state index in [2.05, 4.69) is 17.9 Å². The van der Waals surface area contributed by atoms with Gasteiger partial charge in [-0.2, -0.15) is 4.31 Å². The Morgan fingerprint density at radius 1 is 1.00 bits per heavy atom. The molecule has 2 heterocycles. The fourth-order valence-corrected chi connectivity index (χ4v) is 5.00. The van der Waals surface area contributed by atoms with Gasteiger partial charge >= 0.3 is 5.63 Å². The Morgan fingerprint density at radius 3 is 2.45 bits per heavy atom. The first-order chi connectivity index (χ1) is 14.9. The van der Waals surface area contributed by atoms with Crippen molar-refractivity contribution >= 4 is 27.1 Å². The van der Waals surface area contributed by atoms with E-state index >= 15 is 0 Å². The van der Waals surface area contributed by atoms with Crippen molar-refractivity contribution in [2.75, 3.05) is 26.2 Å². The average Bonchev–Trinajstić information content (AvgIpc) is 2.78. The Balaban J connectivity index is 1.44. The lowest BCUT2D eigenvalue weighted by molar-refractivity contribution is 0.183. The number of hydrogen-bond donors (Lipinski definition) is 0. The van der Waals surface area contributed by atoms with Gasteiger partial charge in [-0.3, -0.25) is 4.90 Å². The normalized spacial score (nSPS) is 16.3. The molecule has 7 heteroatoms. The van der Waals surface area contributed by atoms with Crippen LogP contribution >= 0.6 is 0 Å². The Kier molecular flexibility index (Phi) is 6.36. The van der Waals surface area contributed by atoms with Crippen molar-refractivity contribution in [2.45, 2.75) is 19.9 Å². The van der Waals surface area contributed by atoms with Gasteiger partial charge in [0.15, 0.2) is 0 Å². The largest absolute Gasteiger partial charge is 0.423 e. The third-order valence-electron chi connectivity index (χ3n) is 5.62. The highest BCUT2D eigenvalue weighted by atomic mass is 32.2. The minimum Gasteiger partial charge on any atom is -0.423 e. The number of rotatable bonds is 6. The van der Waals surface area contributed by atoms with Crippen LogP contribution in [0.4, 0.5) is 0 Å². The summed E-state index contributed by atoms with van der Waals surface area (Å²) >= 11 is 0. The molecule has 1 fully saturated rings. The van der Waals surface area contributed by atoms with E-state index < -0.39 is 10.0 Å². The zero-order valence-corrected chi connectivity index (χ0v) is 18.3. The van der Waals surface area contributed by atoms with Crippen LogP contribution < -0.4 is 5.63 Å². The Hall–Kier alpha value is -2.74. The Morgan fingerprint density at radius 2 is 1.74 bits per heavy atom. The second kappa shape index (κ2) is 9.18. The standard InChI is InChI=1S/C24H26N2O4S/c1-2-19-8-9-22-21(17-24(27)30-23(22)16-19)18-25-11-13-26(14-12-25)31(28,29)15-10-20-6-4-3-5-7-20/h3-10,15-17H,2,11-14,18H2,1H3/b15-10+. The summed E-state index contributed by atoms with van der Waals surface area (Å²) in [6.07, 6.45) is 2.50. The highest BCUT2D eigenvalue weighted by Crippen LogP contribution is 2.21. The molecule has 162 valence electrons. The van der Waals surface area contributed by atoms with Gasteiger partial charge < -0.3 is 4.42 Å². The molecular weight excluding hydrogens is 412 g/mol. The third kappa shape index (κ3) is 5.12. The lowest BCUT2D eigenvalue weighted by Crippen LogP contribution is -2.47. The second-order valence-corrected chi connectivity index (χ2v) is 9.53. The van der Waals surface area contributed by atoms with Crippen molar-refractivity contribution in [1.29, 1.82) is 0 Å². The molecular formula is C24H26N2O4S. The second-order valence-electron chi connectivity index (χ2n) is 7.71. The van der Waals surface area contributed by atoms with Crippen LogP contribution in [-0.2, 0) is 23.0 Å². The smallest absolute Gasteiger partial charge is 0.336 e. The van der Waals surface area contributed by atoms with Crippen LogP contribution in [0.5, 0.6) is 0 Å². The first-order valence-electron chi connectivity index (χ1n) is 10.5.